The Balaban J connectivity index is 2.11. The Morgan fingerprint density at radius 2 is 1.54 bits per heavy atom. The number of carbonyl (C=O) groups excluding carboxylic acids is 2. The van der Waals surface area contributed by atoms with Gasteiger partial charge in [0.2, 0.25) is 5.91 Å². The van der Waals surface area contributed by atoms with Gasteiger partial charge in [-0.25, -0.2) is 4.79 Å². The third-order valence-electron chi connectivity index (χ3n) is 4.52. The number of aryl methyl sites for hydroxylation is 1. The molecule has 6 nitrogen and oxygen atoms in total. The van der Waals surface area contributed by atoms with Crippen LogP contribution < -0.4 is 10.6 Å². The molecule has 0 saturated heterocycles. The van der Waals surface area contributed by atoms with Crippen molar-refractivity contribution in [1.29, 1.82) is 0 Å². The standard InChI is InChI=1S/C22H26N2O4/c1-14(2)19(24-20(25)17-12-8-7-9-15(17)3)21(26)23-18(22(27)28)13-16-10-5-4-6-11-16/h4-12,14,18-19H,13H2,1-3H3,(H,23,26)(H,24,25)(H,27,28). The van der Waals surface area contributed by atoms with Crippen LogP contribution in [0.25, 0.3) is 0 Å². The fourth-order valence-electron chi connectivity index (χ4n) is 2.89. The van der Waals surface area contributed by atoms with Gasteiger partial charge in [0.15, 0.2) is 0 Å². The monoisotopic (exact) mass is 382 g/mol. The van der Waals surface area contributed by atoms with Crippen molar-refractivity contribution in [2.75, 3.05) is 0 Å². The van der Waals surface area contributed by atoms with Gasteiger partial charge in [-0.1, -0.05) is 62.4 Å². The normalized spacial score (nSPS) is 12.9. The molecule has 2 unspecified atom stereocenters. The Bertz CT molecular complexity index is 833. The highest BCUT2D eigenvalue weighted by Crippen LogP contribution is 2.10. The van der Waals surface area contributed by atoms with Gasteiger partial charge in [0, 0.05) is 12.0 Å². The van der Waals surface area contributed by atoms with Crippen LogP contribution in [-0.2, 0) is 16.0 Å². The lowest BCUT2D eigenvalue weighted by Gasteiger charge is -2.24. The van der Waals surface area contributed by atoms with E-state index in [0.29, 0.717) is 5.56 Å². The zero-order chi connectivity index (χ0) is 20.7. The summed E-state index contributed by atoms with van der Waals surface area (Å²) < 4.78 is 0. The van der Waals surface area contributed by atoms with Gasteiger partial charge in [0.05, 0.1) is 0 Å². The molecular formula is C22H26N2O4. The summed E-state index contributed by atoms with van der Waals surface area (Å²) in [4.78, 5) is 37.0. The molecule has 3 N–H and O–H groups in total. The van der Waals surface area contributed by atoms with Gasteiger partial charge in [-0.05, 0) is 30.0 Å². The number of benzene rings is 2. The van der Waals surface area contributed by atoms with E-state index in [1.165, 1.54) is 0 Å². The zero-order valence-corrected chi connectivity index (χ0v) is 16.3. The van der Waals surface area contributed by atoms with E-state index in [-0.39, 0.29) is 18.2 Å². The first kappa shape index (κ1) is 21.2. The maximum Gasteiger partial charge on any atom is 0.326 e. The zero-order valence-electron chi connectivity index (χ0n) is 16.3. The molecule has 2 amide bonds. The lowest BCUT2D eigenvalue weighted by Crippen LogP contribution is -2.54. The second-order valence-corrected chi connectivity index (χ2v) is 7.10. The molecule has 0 saturated carbocycles. The Labute approximate surface area is 165 Å². The van der Waals surface area contributed by atoms with Crippen LogP contribution in [0.2, 0.25) is 0 Å². The molecule has 0 aliphatic heterocycles. The van der Waals surface area contributed by atoms with Crippen molar-refractivity contribution in [3.63, 3.8) is 0 Å². The molecule has 0 bridgehead atoms. The first-order valence-electron chi connectivity index (χ1n) is 9.23. The number of nitrogens with one attached hydrogen (secondary N) is 2. The molecule has 2 aromatic rings. The average molecular weight is 382 g/mol. The number of aliphatic carboxylic acids is 1. The number of amides is 2. The number of rotatable bonds is 8. The summed E-state index contributed by atoms with van der Waals surface area (Å²) >= 11 is 0. The van der Waals surface area contributed by atoms with E-state index >= 15 is 0 Å². The first-order chi connectivity index (χ1) is 13.3. The molecule has 148 valence electrons. The first-order valence-corrected chi connectivity index (χ1v) is 9.23. The molecule has 0 fully saturated rings. The lowest BCUT2D eigenvalue weighted by molar-refractivity contribution is -0.142. The van der Waals surface area contributed by atoms with Crippen LogP contribution in [0.1, 0.15) is 35.3 Å². The molecule has 0 aromatic heterocycles. The van der Waals surface area contributed by atoms with E-state index in [4.69, 9.17) is 0 Å². The van der Waals surface area contributed by atoms with Crippen molar-refractivity contribution < 1.29 is 19.5 Å². The minimum atomic E-state index is -1.12. The van der Waals surface area contributed by atoms with Gasteiger partial charge in [0.25, 0.3) is 5.91 Å². The van der Waals surface area contributed by atoms with E-state index in [9.17, 15) is 19.5 Å². The van der Waals surface area contributed by atoms with Gasteiger partial charge in [-0.2, -0.15) is 0 Å². The Morgan fingerprint density at radius 1 is 0.929 bits per heavy atom. The van der Waals surface area contributed by atoms with Crippen molar-refractivity contribution >= 4 is 17.8 Å². The molecule has 2 atom stereocenters. The highest BCUT2D eigenvalue weighted by atomic mass is 16.4. The highest BCUT2D eigenvalue weighted by molar-refractivity contribution is 5.99. The molecule has 28 heavy (non-hydrogen) atoms. The topological polar surface area (TPSA) is 95.5 Å². The maximum atomic E-state index is 12.8. The molecule has 0 heterocycles. The molecule has 6 heteroatoms. The van der Waals surface area contributed by atoms with Crippen molar-refractivity contribution in [2.45, 2.75) is 39.3 Å². The Morgan fingerprint density at radius 3 is 2.11 bits per heavy atom. The summed E-state index contributed by atoms with van der Waals surface area (Å²) in [7, 11) is 0. The van der Waals surface area contributed by atoms with Crippen molar-refractivity contribution in [2.24, 2.45) is 5.92 Å². The molecule has 2 rings (SSSR count). The molecular weight excluding hydrogens is 356 g/mol. The van der Waals surface area contributed by atoms with Gasteiger partial charge in [-0.15, -0.1) is 0 Å². The SMILES string of the molecule is Cc1ccccc1C(=O)NC(C(=O)NC(Cc1ccccc1)C(=O)O)C(C)C. The second-order valence-electron chi connectivity index (χ2n) is 7.10. The summed E-state index contributed by atoms with van der Waals surface area (Å²) in [6, 6.07) is 14.3. The molecule has 0 aliphatic rings. The Kier molecular flexibility index (Phi) is 7.32. The molecule has 0 aliphatic carbocycles. The van der Waals surface area contributed by atoms with Crippen LogP contribution in [0.3, 0.4) is 0 Å². The minimum absolute atomic E-state index is 0.165. The second kappa shape index (κ2) is 9.69. The lowest BCUT2D eigenvalue weighted by atomic mass is 10.0. The molecule has 2 aromatic carbocycles. The fraction of sp³-hybridized carbons (Fsp3) is 0.318. The van der Waals surface area contributed by atoms with Gasteiger partial charge >= 0.3 is 5.97 Å². The minimum Gasteiger partial charge on any atom is -0.480 e. The van der Waals surface area contributed by atoms with E-state index in [1.54, 1.807) is 26.0 Å². The number of carbonyl (C=O) groups is 3. The van der Waals surface area contributed by atoms with Crippen molar-refractivity contribution in [3.8, 4) is 0 Å². The van der Waals surface area contributed by atoms with E-state index in [1.807, 2.05) is 49.4 Å². The van der Waals surface area contributed by atoms with Crippen LogP contribution in [0, 0.1) is 12.8 Å². The number of hydrogen-bond donors (Lipinski definition) is 3. The summed E-state index contributed by atoms with van der Waals surface area (Å²) in [5.74, 6) is -2.20. The van der Waals surface area contributed by atoms with Crippen molar-refractivity contribution in [1.82, 2.24) is 10.6 Å². The summed E-state index contributed by atoms with van der Waals surface area (Å²) in [6.45, 7) is 5.42. The predicted molar refractivity (Wildman–Crippen MR) is 107 cm³/mol. The summed E-state index contributed by atoms with van der Waals surface area (Å²) in [5, 5.41) is 14.8. The summed E-state index contributed by atoms with van der Waals surface area (Å²) in [5.41, 5.74) is 2.09. The van der Waals surface area contributed by atoms with Gasteiger partial charge < -0.3 is 15.7 Å². The fourth-order valence-corrected chi connectivity index (χ4v) is 2.89. The predicted octanol–water partition coefficient (Wildman–Crippen LogP) is 2.56. The van der Waals surface area contributed by atoms with Crippen molar-refractivity contribution in [3.05, 3.63) is 71.3 Å². The molecule has 0 radical (unpaired) electrons. The smallest absolute Gasteiger partial charge is 0.326 e. The maximum absolute atomic E-state index is 12.8. The molecule has 0 spiro atoms. The third kappa shape index (κ3) is 5.67. The number of carboxylic acid groups (broad SMARTS) is 1. The van der Waals surface area contributed by atoms with Crippen LogP contribution in [-0.4, -0.2) is 35.0 Å². The number of carboxylic acids is 1. The van der Waals surface area contributed by atoms with E-state index in [2.05, 4.69) is 10.6 Å². The van der Waals surface area contributed by atoms with Crippen LogP contribution in [0.15, 0.2) is 54.6 Å². The largest absolute Gasteiger partial charge is 0.480 e. The highest BCUT2D eigenvalue weighted by Gasteiger charge is 2.29. The Hall–Kier alpha value is -3.15. The van der Waals surface area contributed by atoms with E-state index < -0.39 is 24.0 Å². The number of hydrogen-bond acceptors (Lipinski definition) is 3. The van der Waals surface area contributed by atoms with Crippen LogP contribution in [0.5, 0.6) is 0 Å². The van der Waals surface area contributed by atoms with Gasteiger partial charge in [-0.3, -0.25) is 9.59 Å². The van der Waals surface area contributed by atoms with Gasteiger partial charge in [0.1, 0.15) is 12.1 Å². The third-order valence-corrected chi connectivity index (χ3v) is 4.52. The van der Waals surface area contributed by atoms with Crippen LogP contribution >= 0.6 is 0 Å². The van der Waals surface area contributed by atoms with E-state index in [0.717, 1.165) is 11.1 Å². The van der Waals surface area contributed by atoms with Crippen LogP contribution in [0.4, 0.5) is 0 Å². The quantitative estimate of drug-likeness (QED) is 0.654. The average Bonchev–Trinajstić information content (AvgIpc) is 2.66. The summed E-state index contributed by atoms with van der Waals surface area (Å²) in [6.07, 6.45) is 0.165.